The van der Waals surface area contributed by atoms with Gasteiger partial charge in [0.1, 0.15) is 18.0 Å². The Labute approximate surface area is 189 Å². The molecule has 0 amide bonds. The number of benzene rings is 1. The van der Waals surface area contributed by atoms with Gasteiger partial charge in [-0.05, 0) is 42.0 Å². The van der Waals surface area contributed by atoms with E-state index in [2.05, 4.69) is 49.2 Å². The van der Waals surface area contributed by atoms with Crippen LogP contribution in [0.4, 0.5) is 0 Å². The predicted molar refractivity (Wildman–Crippen MR) is 128 cm³/mol. The van der Waals surface area contributed by atoms with Gasteiger partial charge in [0.05, 0.1) is 30.3 Å². The van der Waals surface area contributed by atoms with E-state index in [1.54, 1.807) is 18.7 Å². The number of imidazole rings is 1. The quantitative estimate of drug-likeness (QED) is 0.395. The average molecular weight is 432 g/mol. The van der Waals surface area contributed by atoms with Crippen LogP contribution in [0.5, 0.6) is 5.75 Å². The molecule has 0 unspecified atom stereocenters. The molecule has 0 saturated heterocycles. The number of rotatable bonds is 6. The zero-order valence-corrected chi connectivity index (χ0v) is 17.7. The lowest BCUT2D eigenvalue weighted by molar-refractivity contribution is 0.298. The van der Waals surface area contributed by atoms with Gasteiger partial charge in [-0.25, -0.2) is 9.97 Å². The number of aromatic nitrogens is 6. The Kier molecular flexibility index (Phi) is 4.77. The number of fused-ring (bicyclic) bond motifs is 3. The summed E-state index contributed by atoms with van der Waals surface area (Å²) in [4.78, 5) is 20.9. The van der Waals surface area contributed by atoms with E-state index < -0.39 is 0 Å². The first-order valence-electron chi connectivity index (χ1n) is 10.7. The fourth-order valence-corrected chi connectivity index (χ4v) is 3.94. The first kappa shape index (κ1) is 19.2. The monoisotopic (exact) mass is 432 g/mol. The number of hydrogen-bond donors (Lipinski definition) is 1. The van der Waals surface area contributed by atoms with E-state index in [1.807, 2.05) is 53.6 Å². The van der Waals surface area contributed by atoms with Crippen LogP contribution in [0, 0.1) is 0 Å². The maximum atomic E-state index is 5.86. The lowest BCUT2D eigenvalue weighted by Gasteiger charge is -2.08. The summed E-state index contributed by atoms with van der Waals surface area (Å²) in [6.45, 7) is 1.35. The predicted octanol–water partition coefficient (Wildman–Crippen LogP) is 5.12. The molecule has 6 aromatic rings. The second-order valence-corrected chi connectivity index (χ2v) is 7.78. The normalized spacial score (nSPS) is 11.3. The minimum atomic E-state index is 0.589. The van der Waals surface area contributed by atoms with E-state index in [9.17, 15) is 0 Å². The Morgan fingerprint density at radius 3 is 2.58 bits per heavy atom. The van der Waals surface area contributed by atoms with Crippen molar-refractivity contribution in [3.8, 4) is 28.1 Å². The topological polar surface area (TPSA) is 81.5 Å². The zero-order chi connectivity index (χ0) is 22.0. The highest BCUT2D eigenvalue weighted by atomic mass is 16.5. The molecule has 6 rings (SSSR count). The van der Waals surface area contributed by atoms with Crippen LogP contribution in [0.25, 0.3) is 44.3 Å². The van der Waals surface area contributed by atoms with E-state index in [1.165, 1.54) is 0 Å². The molecule has 0 saturated carbocycles. The van der Waals surface area contributed by atoms with Gasteiger partial charge in [0.2, 0.25) is 0 Å². The molecule has 1 aromatic carbocycles. The third-order valence-electron chi connectivity index (χ3n) is 5.66. The Morgan fingerprint density at radius 2 is 1.76 bits per heavy atom. The van der Waals surface area contributed by atoms with Crippen molar-refractivity contribution in [2.24, 2.45) is 0 Å². The summed E-state index contributed by atoms with van der Waals surface area (Å²) in [7, 11) is 0. The minimum absolute atomic E-state index is 0.589. The molecule has 7 heteroatoms. The fraction of sp³-hybridized carbons (Fsp3) is 0.0769. The summed E-state index contributed by atoms with van der Waals surface area (Å²) in [6, 6.07) is 16.3. The van der Waals surface area contributed by atoms with Gasteiger partial charge in [0.25, 0.3) is 0 Å². The van der Waals surface area contributed by atoms with Crippen LogP contribution in [-0.4, -0.2) is 36.1 Å². The number of hydrogen-bond acceptors (Lipinski definition) is 5. The SMILES string of the molecule is c1cncc(-c2cc3c(cn2)[nH]c2ncc(-c4ccc(OCCn5ccnc5)cc4)cc23)c1. The second kappa shape index (κ2) is 8.20. The summed E-state index contributed by atoms with van der Waals surface area (Å²) in [5, 5.41) is 2.16. The molecule has 5 aromatic heterocycles. The number of pyridine rings is 3. The molecule has 0 aliphatic rings. The summed E-state index contributed by atoms with van der Waals surface area (Å²) in [6.07, 6.45) is 12.8. The standard InChI is InChI=1S/C26H20N6O/c1-2-19(14-27-7-1)24-13-22-23-12-20(15-30-26(23)31-25(22)16-29-24)18-3-5-21(6-4-18)33-11-10-32-9-8-28-17-32/h1-9,12-17H,10-11H2,(H,30,31). The first-order chi connectivity index (χ1) is 16.3. The van der Waals surface area contributed by atoms with E-state index in [-0.39, 0.29) is 0 Å². The van der Waals surface area contributed by atoms with Gasteiger partial charge in [-0.15, -0.1) is 0 Å². The van der Waals surface area contributed by atoms with Crippen molar-refractivity contribution in [3.05, 3.63) is 92.0 Å². The molecular weight excluding hydrogens is 412 g/mol. The highest BCUT2D eigenvalue weighted by molar-refractivity contribution is 6.07. The van der Waals surface area contributed by atoms with Crippen LogP contribution in [-0.2, 0) is 6.54 Å². The number of aromatic amines is 1. The smallest absolute Gasteiger partial charge is 0.138 e. The van der Waals surface area contributed by atoms with Crippen molar-refractivity contribution in [3.63, 3.8) is 0 Å². The van der Waals surface area contributed by atoms with Gasteiger partial charge in [-0.3, -0.25) is 9.97 Å². The van der Waals surface area contributed by atoms with Crippen molar-refractivity contribution in [2.45, 2.75) is 6.54 Å². The van der Waals surface area contributed by atoms with E-state index in [4.69, 9.17) is 4.74 Å². The molecule has 0 atom stereocenters. The van der Waals surface area contributed by atoms with Crippen LogP contribution in [0.3, 0.4) is 0 Å². The molecule has 33 heavy (non-hydrogen) atoms. The van der Waals surface area contributed by atoms with Crippen LogP contribution in [0.1, 0.15) is 0 Å². The summed E-state index contributed by atoms with van der Waals surface area (Å²) >= 11 is 0. The number of nitrogens with zero attached hydrogens (tertiary/aromatic N) is 5. The molecular formula is C26H20N6O. The van der Waals surface area contributed by atoms with Gasteiger partial charge in [-0.2, -0.15) is 0 Å². The molecule has 7 nitrogen and oxygen atoms in total. The average Bonchev–Trinajstić information content (AvgIpc) is 3.52. The van der Waals surface area contributed by atoms with Crippen LogP contribution < -0.4 is 4.74 Å². The molecule has 0 aliphatic carbocycles. The van der Waals surface area contributed by atoms with Crippen molar-refractivity contribution in [1.29, 1.82) is 0 Å². The highest BCUT2D eigenvalue weighted by Gasteiger charge is 2.10. The largest absolute Gasteiger partial charge is 0.492 e. The van der Waals surface area contributed by atoms with E-state index in [0.29, 0.717) is 6.61 Å². The van der Waals surface area contributed by atoms with Crippen molar-refractivity contribution < 1.29 is 4.74 Å². The molecule has 1 N–H and O–H groups in total. The molecule has 5 heterocycles. The Hall–Kier alpha value is -4.52. The minimum Gasteiger partial charge on any atom is -0.492 e. The van der Waals surface area contributed by atoms with Crippen LogP contribution in [0.15, 0.2) is 92.0 Å². The van der Waals surface area contributed by atoms with Gasteiger partial charge < -0.3 is 14.3 Å². The van der Waals surface area contributed by atoms with Crippen molar-refractivity contribution in [1.82, 2.24) is 29.5 Å². The van der Waals surface area contributed by atoms with Crippen LogP contribution in [0.2, 0.25) is 0 Å². The lowest BCUT2D eigenvalue weighted by Crippen LogP contribution is -2.06. The third kappa shape index (κ3) is 3.80. The molecule has 0 fully saturated rings. The van der Waals surface area contributed by atoms with Gasteiger partial charge in [-0.1, -0.05) is 12.1 Å². The number of ether oxygens (including phenoxy) is 1. The highest BCUT2D eigenvalue weighted by Crippen LogP contribution is 2.31. The zero-order valence-electron chi connectivity index (χ0n) is 17.7. The third-order valence-corrected chi connectivity index (χ3v) is 5.66. The van der Waals surface area contributed by atoms with E-state index >= 15 is 0 Å². The number of H-pyrrole nitrogens is 1. The van der Waals surface area contributed by atoms with Gasteiger partial charge >= 0.3 is 0 Å². The summed E-state index contributed by atoms with van der Waals surface area (Å²) in [5.41, 5.74) is 5.82. The molecule has 0 aliphatic heterocycles. The molecule has 0 bridgehead atoms. The van der Waals surface area contributed by atoms with Crippen molar-refractivity contribution in [2.75, 3.05) is 6.61 Å². The fourth-order valence-electron chi connectivity index (χ4n) is 3.94. The summed E-state index contributed by atoms with van der Waals surface area (Å²) < 4.78 is 7.85. The Bertz CT molecular complexity index is 1520. The Balaban J connectivity index is 1.28. The lowest BCUT2D eigenvalue weighted by atomic mass is 10.1. The second-order valence-electron chi connectivity index (χ2n) is 7.78. The number of nitrogens with one attached hydrogen (secondary N) is 1. The maximum Gasteiger partial charge on any atom is 0.138 e. The first-order valence-corrected chi connectivity index (χ1v) is 10.7. The van der Waals surface area contributed by atoms with Gasteiger partial charge in [0, 0.05) is 52.9 Å². The van der Waals surface area contributed by atoms with E-state index in [0.717, 1.165) is 56.6 Å². The summed E-state index contributed by atoms with van der Waals surface area (Å²) in [5.74, 6) is 0.840. The molecule has 160 valence electrons. The molecule has 0 spiro atoms. The Morgan fingerprint density at radius 1 is 0.818 bits per heavy atom. The maximum absolute atomic E-state index is 5.86. The van der Waals surface area contributed by atoms with Crippen molar-refractivity contribution >= 4 is 21.9 Å². The van der Waals surface area contributed by atoms with Gasteiger partial charge in [0.15, 0.2) is 0 Å². The van der Waals surface area contributed by atoms with Crippen LogP contribution >= 0.6 is 0 Å². The molecule has 0 radical (unpaired) electrons.